The molecule has 0 fully saturated rings. The van der Waals surface area contributed by atoms with Crippen molar-refractivity contribution in [1.82, 2.24) is 0 Å². The van der Waals surface area contributed by atoms with Crippen molar-refractivity contribution in [2.45, 2.75) is 18.9 Å². The number of ether oxygens (including phenoxy) is 4. The van der Waals surface area contributed by atoms with Crippen LogP contribution < -0.4 is 20.3 Å². The van der Waals surface area contributed by atoms with E-state index in [-0.39, 0.29) is 30.7 Å². The van der Waals surface area contributed by atoms with Crippen LogP contribution in [-0.4, -0.2) is 44.8 Å². The van der Waals surface area contributed by atoms with Crippen molar-refractivity contribution in [3.8, 4) is 11.5 Å². The molecule has 2 heterocycles. The zero-order valence-corrected chi connectivity index (χ0v) is 25.7. The van der Waals surface area contributed by atoms with Crippen LogP contribution in [0.2, 0.25) is 0 Å². The number of unbranched alkanes of at least 4 members (excludes halogenated alkanes) is 1. The van der Waals surface area contributed by atoms with Gasteiger partial charge in [-0.05, 0) is 73.5 Å². The van der Waals surface area contributed by atoms with Gasteiger partial charge in [-0.15, -0.1) is 22.7 Å². The topological polar surface area (TPSA) is 105 Å². The highest BCUT2D eigenvalue weighted by molar-refractivity contribution is 7.25. The number of aldehydes is 1. The van der Waals surface area contributed by atoms with Gasteiger partial charge in [0.1, 0.15) is 11.5 Å². The second-order valence-electron chi connectivity index (χ2n) is 10.3. The van der Waals surface area contributed by atoms with Crippen molar-refractivity contribution in [3.63, 3.8) is 0 Å². The standard InChI is InChI=1S/C35H28O8S2/c36-19-24(43-23-12-14-28-32(18-23)45-30-10-4-2-8-26(30)35(28)39)20-40-15-5-6-16-41-33(37)21-42-22-11-13-27-31(17-22)44-29-9-3-1-7-25(29)34(27)38/h1-4,7-14,17-19,24H,5-6,15-16,20-21H2. The van der Waals surface area contributed by atoms with Crippen molar-refractivity contribution >= 4 is 75.3 Å². The van der Waals surface area contributed by atoms with Crippen LogP contribution in [0.25, 0.3) is 40.3 Å². The average Bonchev–Trinajstić information content (AvgIpc) is 3.06. The molecule has 1 atom stereocenters. The summed E-state index contributed by atoms with van der Waals surface area (Å²) in [6, 6.07) is 25.3. The Hall–Kier alpha value is -4.64. The van der Waals surface area contributed by atoms with Gasteiger partial charge in [-0.25, -0.2) is 4.79 Å². The Kier molecular flexibility index (Phi) is 9.44. The highest BCUT2D eigenvalue weighted by Crippen LogP contribution is 2.29. The van der Waals surface area contributed by atoms with Crippen molar-refractivity contribution < 1.29 is 28.5 Å². The van der Waals surface area contributed by atoms with E-state index in [9.17, 15) is 19.2 Å². The molecule has 0 aliphatic carbocycles. The van der Waals surface area contributed by atoms with Crippen molar-refractivity contribution in [3.05, 3.63) is 105 Å². The molecular formula is C35H28O8S2. The maximum absolute atomic E-state index is 12.8. The number of rotatable bonds is 13. The predicted molar refractivity (Wildman–Crippen MR) is 178 cm³/mol. The van der Waals surface area contributed by atoms with Gasteiger partial charge in [0.25, 0.3) is 0 Å². The minimum absolute atomic E-state index is 0.0254. The Balaban J connectivity index is 0.907. The van der Waals surface area contributed by atoms with Gasteiger partial charge in [0.05, 0.1) is 13.2 Å². The SMILES string of the molecule is O=CC(COCCCCOC(=O)COc1ccc2c(=O)c3ccccc3sc2c1)Oc1ccc2c(=O)c3ccccc3sc2c1. The summed E-state index contributed by atoms with van der Waals surface area (Å²) in [5, 5.41) is 2.59. The molecule has 2 aromatic heterocycles. The van der Waals surface area contributed by atoms with E-state index in [1.165, 1.54) is 22.7 Å². The fraction of sp³-hybridized carbons (Fsp3) is 0.200. The van der Waals surface area contributed by atoms with E-state index in [0.29, 0.717) is 58.8 Å². The molecule has 45 heavy (non-hydrogen) atoms. The Morgan fingerprint density at radius 2 is 1.24 bits per heavy atom. The molecule has 0 aliphatic rings. The zero-order valence-electron chi connectivity index (χ0n) is 24.1. The largest absolute Gasteiger partial charge is 0.482 e. The van der Waals surface area contributed by atoms with Crippen molar-refractivity contribution in [1.29, 1.82) is 0 Å². The first-order valence-corrected chi connectivity index (χ1v) is 16.0. The molecule has 0 spiro atoms. The van der Waals surface area contributed by atoms with Gasteiger partial charge in [-0.2, -0.15) is 0 Å². The first-order chi connectivity index (χ1) is 22.0. The zero-order chi connectivity index (χ0) is 31.2. The molecule has 228 valence electrons. The Labute approximate surface area is 265 Å². The van der Waals surface area contributed by atoms with Crippen molar-refractivity contribution in [2.75, 3.05) is 26.4 Å². The van der Waals surface area contributed by atoms with Gasteiger partial charge in [0, 0.05) is 47.0 Å². The molecule has 0 aliphatic heterocycles. The number of hydrogen-bond donors (Lipinski definition) is 0. The van der Waals surface area contributed by atoms with Gasteiger partial charge >= 0.3 is 5.97 Å². The molecule has 0 N–H and O–H groups in total. The third-order valence-corrected chi connectivity index (χ3v) is 9.39. The second-order valence-corrected chi connectivity index (χ2v) is 12.4. The molecule has 10 heteroatoms. The van der Waals surface area contributed by atoms with Gasteiger partial charge in [0.15, 0.2) is 29.9 Å². The quantitative estimate of drug-likeness (QED) is 0.0609. The Bertz CT molecular complexity index is 2130. The number of benzene rings is 4. The van der Waals surface area contributed by atoms with Crippen LogP contribution in [0, 0.1) is 0 Å². The molecule has 0 amide bonds. The van der Waals surface area contributed by atoms with Crippen LogP contribution in [0.4, 0.5) is 0 Å². The first-order valence-electron chi connectivity index (χ1n) is 14.4. The molecule has 1 unspecified atom stereocenters. The van der Waals surface area contributed by atoms with E-state index in [2.05, 4.69) is 0 Å². The first kappa shape index (κ1) is 30.4. The third kappa shape index (κ3) is 7.04. The highest BCUT2D eigenvalue weighted by Gasteiger charge is 2.13. The monoisotopic (exact) mass is 640 g/mol. The smallest absolute Gasteiger partial charge is 0.344 e. The predicted octanol–water partition coefficient (Wildman–Crippen LogP) is 6.51. The molecular weight excluding hydrogens is 613 g/mol. The summed E-state index contributed by atoms with van der Waals surface area (Å²) < 4.78 is 25.6. The molecule has 0 saturated heterocycles. The lowest BCUT2D eigenvalue weighted by atomic mass is 10.2. The number of esters is 1. The van der Waals surface area contributed by atoms with Crippen LogP contribution in [0.15, 0.2) is 94.5 Å². The average molecular weight is 641 g/mol. The molecule has 0 radical (unpaired) electrons. The van der Waals surface area contributed by atoms with Crippen molar-refractivity contribution in [2.24, 2.45) is 0 Å². The third-order valence-electron chi connectivity index (χ3n) is 7.12. The minimum Gasteiger partial charge on any atom is -0.482 e. The molecule has 8 nitrogen and oxygen atoms in total. The van der Waals surface area contributed by atoms with Gasteiger partial charge in [-0.1, -0.05) is 24.3 Å². The van der Waals surface area contributed by atoms with E-state index >= 15 is 0 Å². The number of hydrogen-bond acceptors (Lipinski definition) is 10. The van der Waals surface area contributed by atoms with E-state index in [4.69, 9.17) is 18.9 Å². The summed E-state index contributed by atoms with van der Waals surface area (Å²) in [6.45, 7) is 0.394. The van der Waals surface area contributed by atoms with Crippen LogP contribution >= 0.6 is 22.7 Å². The second kappa shape index (κ2) is 14.0. The summed E-state index contributed by atoms with van der Waals surface area (Å²) in [7, 11) is 0. The van der Waals surface area contributed by atoms with E-state index < -0.39 is 12.1 Å². The molecule has 6 rings (SSSR count). The lowest BCUT2D eigenvalue weighted by molar-refractivity contribution is -0.146. The van der Waals surface area contributed by atoms with Crippen LogP contribution in [0.5, 0.6) is 11.5 Å². The fourth-order valence-corrected chi connectivity index (χ4v) is 7.08. The van der Waals surface area contributed by atoms with Gasteiger partial charge in [-0.3, -0.25) is 14.4 Å². The normalized spacial score (nSPS) is 12.0. The molecule has 0 saturated carbocycles. The number of carbonyl (C=O) groups excluding carboxylic acids is 2. The summed E-state index contributed by atoms with van der Waals surface area (Å²) in [6.07, 6.45) is 1.08. The lowest BCUT2D eigenvalue weighted by Crippen LogP contribution is -2.25. The highest BCUT2D eigenvalue weighted by atomic mass is 32.1. The number of fused-ring (bicyclic) bond motifs is 4. The van der Waals surface area contributed by atoms with Crippen LogP contribution in [0.1, 0.15) is 12.8 Å². The van der Waals surface area contributed by atoms with E-state index in [1.54, 1.807) is 36.4 Å². The maximum atomic E-state index is 12.8. The fourth-order valence-electron chi connectivity index (χ4n) is 4.88. The summed E-state index contributed by atoms with van der Waals surface area (Å²) in [5.74, 6) is 0.473. The summed E-state index contributed by atoms with van der Waals surface area (Å²) in [5.41, 5.74) is -0.0545. The van der Waals surface area contributed by atoms with Gasteiger partial charge in [0.2, 0.25) is 0 Å². The molecule has 4 aromatic carbocycles. The van der Waals surface area contributed by atoms with Crippen LogP contribution in [0.3, 0.4) is 0 Å². The maximum Gasteiger partial charge on any atom is 0.344 e. The van der Waals surface area contributed by atoms with E-state index in [0.717, 1.165) is 18.8 Å². The Morgan fingerprint density at radius 3 is 1.89 bits per heavy atom. The summed E-state index contributed by atoms with van der Waals surface area (Å²) in [4.78, 5) is 49.3. The lowest BCUT2D eigenvalue weighted by Gasteiger charge is -2.14. The summed E-state index contributed by atoms with van der Waals surface area (Å²) >= 11 is 2.99. The molecule has 6 aromatic rings. The Morgan fingerprint density at radius 1 is 0.689 bits per heavy atom. The van der Waals surface area contributed by atoms with E-state index in [1.807, 2.05) is 48.5 Å². The number of carbonyl (C=O) groups is 2. The minimum atomic E-state index is -0.801. The van der Waals surface area contributed by atoms with Gasteiger partial charge < -0.3 is 18.9 Å². The van der Waals surface area contributed by atoms with Crippen LogP contribution in [-0.2, 0) is 19.1 Å². The molecule has 0 bridgehead atoms.